The summed E-state index contributed by atoms with van der Waals surface area (Å²) in [5, 5.41) is 53.1. The van der Waals surface area contributed by atoms with Crippen LogP contribution in [0.25, 0.3) is 0 Å². The van der Waals surface area contributed by atoms with Gasteiger partial charge in [0.2, 0.25) is 0 Å². The van der Waals surface area contributed by atoms with Crippen LogP contribution in [0.15, 0.2) is 0 Å². The summed E-state index contributed by atoms with van der Waals surface area (Å²) in [4.78, 5) is 62.0. The van der Waals surface area contributed by atoms with E-state index in [4.69, 9.17) is 20.4 Å². The summed E-state index contributed by atoms with van der Waals surface area (Å²) in [6.07, 6.45) is 0. The fourth-order valence-electron chi connectivity index (χ4n) is 1.47. The number of rotatable bonds is 12. The molecule has 0 aliphatic heterocycles. The molecular formula is C12H16HgN2O12. The molecule has 0 radical (unpaired) electrons. The Morgan fingerprint density at radius 2 is 0.704 bits per heavy atom. The van der Waals surface area contributed by atoms with E-state index in [9.17, 15) is 39.0 Å². The van der Waals surface area contributed by atoms with Crippen molar-refractivity contribution in [1.82, 2.24) is 9.80 Å². The summed E-state index contributed by atoms with van der Waals surface area (Å²) in [6.45, 7) is -3.97. The molecule has 14 nitrogen and oxygen atoms in total. The second-order valence-electron chi connectivity index (χ2n) is 4.61. The minimum atomic E-state index is -1.54. The van der Waals surface area contributed by atoms with Gasteiger partial charge in [-0.1, -0.05) is 0 Å². The zero-order valence-electron chi connectivity index (χ0n) is 13.9. The van der Waals surface area contributed by atoms with Crippen LogP contribution in [0.1, 0.15) is 0 Å². The molecule has 15 heteroatoms. The third-order valence-corrected chi connectivity index (χ3v) is 2.14. The molecule has 0 atom stereocenters. The Kier molecular flexibility index (Phi) is 17.3. The molecule has 0 unspecified atom stereocenters. The molecule has 0 aliphatic carbocycles. The average Bonchev–Trinajstić information content (AvgIpc) is 2.33. The Bertz CT molecular complexity index is 428. The molecule has 0 saturated carbocycles. The summed E-state index contributed by atoms with van der Waals surface area (Å²) in [7, 11) is 0. The van der Waals surface area contributed by atoms with E-state index < -0.39 is 75.1 Å². The number of carbonyl (C=O) groups excluding carboxylic acids is 2. The van der Waals surface area contributed by atoms with Gasteiger partial charge in [-0.25, -0.2) is 0 Å². The number of nitrogens with zero attached hydrogens (tertiary/aromatic N) is 2. The second kappa shape index (κ2) is 15.9. The number of carboxylic acid groups (broad SMARTS) is 6. The molecule has 0 aromatic heterocycles. The Balaban J connectivity index is -0.000000411. The van der Waals surface area contributed by atoms with Gasteiger partial charge in [0.1, 0.15) is 0 Å². The molecule has 148 valence electrons. The summed E-state index contributed by atoms with van der Waals surface area (Å²) < 4.78 is 0. The quantitative estimate of drug-likeness (QED) is 0.158. The van der Waals surface area contributed by atoms with Crippen LogP contribution in [0.2, 0.25) is 0 Å². The summed E-state index contributed by atoms with van der Waals surface area (Å²) in [5.74, 6) is -8.18. The topological polar surface area (TPSA) is 236 Å². The van der Waals surface area contributed by atoms with Crippen molar-refractivity contribution in [3.05, 3.63) is 0 Å². The standard InChI is InChI=1S/2C6H9NO6.Hg/c2*8-4(9)1-7(2-5(10)11)3-6(12)13;/h2*1-3H2,(H,8,9)(H,10,11)(H,12,13);/q;;+2/p-2. The smallest absolute Gasteiger partial charge is 0.549 e. The molecule has 0 aromatic carbocycles. The molecule has 0 aromatic rings. The summed E-state index contributed by atoms with van der Waals surface area (Å²) >= 11 is 0. The Labute approximate surface area is 172 Å². The van der Waals surface area contributed by atoms with Crippen molar-refractivity contribution in [3.8, 4) is 0 Å². The van der Waals surface area contributed by atoms with Gasteiger partial charge >= 0.3 is 51.5 Å². The van der Waals surface area contributed by atoms with Gasteiger partial charge in [-0.3, -0.25) is 29.0 Å². The van der Waals surface area contributed by atoms with Gasteiger partial charge in [0.25, 0.3) is 0 Å². The fourth-order valence-corrected chi connectivity index (χ4v) is 1.47. The second-order valence-corrected chi connectivity index (χ2v) is 4.61. The molecule has 0 rings (SSSR count). The average molecular weight is 581 g/mol. The van der Waals surface area contributed by atoms with E-state index in [-0.39, 0.29) is 27.7 Å². The van der Waals surface area contributed by atoms with Crippen molar-refractivity contribution in [2.24, 2.45) is 0 Å². The minimum absolute atomic E-state index is 0. The molecular weight excluding hydrogens is 565 g/mol. The van der Waals surface area contributed by atoms with E-state index in [1.165, 1.54) is 0 Å². The van der Waals surface area contributed by atoms with Crippen molar-refractivity contribution >= 4 is 35.8 Å². The van der Waals surface area contributed by atoms with Gasteiger partial charge in [0, 0.05) is 13.1 Å². The van der Waals surface area contributed by atoms with Crippen LogP contribution in [0.4, 0.5) is 0 Å². The van der Waals surface area contributed by atoms with E-state index in [1.807, 2.05) is 0 Å². The van der Waals surface area contributed by atoms with Gasteiger partial charge in [0.15, 0.2) is 0 Å². The first-order chi connectivity index (χ1) is 11.8. The maximum Gasteiger partial charge on any atom is 2.00 e. The first kappa shape index (κ1) is 29.4. The first-order valence-corrected chi connectivity index (χ1v) is 6.55. The van der Waals surface area contributed by atoms with Gasteiger partial charge in [-0.2, -0.15) is 0 Å². The Morgan fingerprint density at radius 3 is 0.852 bits per heavy atom. The summed E-state index contributed by atoms with van der Waals surface area (Å²) in [5.41, 5.74) is 0. The van der Waals surface area contributed by atoms with Crippen LogP contribution < -0.4 is 10.2 Å². The van der Waals surface area contributed by atoms with Crippen LogP contribution >= 0.6 is 0 Å². The normalized spacial score (nSPS) is 9.56. The predicted molar refractivity (Wildman–Crippen MR) is 73.4 cm³/mol. The molecule has 0 saturated heterocycles. The van der Waals surface area contributed by atoms with Crippen molar-refractivity contribution in [2.45, 2.75) is 0 Å². The third kappa shape index (κ3) is 23.7. The van der Waals surface area contributed by atoms with Crippen LogP contribution in [0, 0.1) is 0 Å². The van der Waals surface area contributed by atoms with Crippen LogP contribution in [0.3, 0.4) is 0 Å². The number of carbonyl (C=O) groups is 6. The number of hydrogen-bond acceptors (Lipinski definition) is 10. The van der Waals surface area contributed by atoms with Gasteiger partial charge < -0.3 is 40.2 Å². The van der Waals surface area contributed by atoms with Crippen LogP contribution in [-0.2, 0) is 56.4 Å². The molecule has 0 heterocycles. The number of aliphatic carboxylic acids is 6. The number of hydrogen-bond donors (Lipinski definition) is 4. The minimum Gasteiger partial charge on any atom is -0.549 e. The number of carboxylic acids is 6. The van der Waals surface area contributed by atoms with Gasteiger partial charge in [-0.05, 0) is 0 Å². The molecule has 4 N–H and O–H groups in total. The zero-order chi connectivity index (χ0) is 20.9. The van der Waals surface area contributed by atoms with E-state index in [0.29, 0.717) is 4.90 Å². The van der Waals surface area contributed by atoms with E-state index in [2.05, 4.69) is 0 Å². The van der Waals surface area contributed by atoms with Crippen LogP contribution in [0.5, 0.6) is 0 Å². The summed E-state index contributed by atoms with van der Waals surface area (Å²) in [6, 6.07) is 0. The largest absolute Gasteiger partial charge is 2.00 e. The first-order valence-electron chi connectivity index (χ1n) is 6.55. The van der Waals surface area contributed by atoms with Gasteiger partial charge in [0.05, 0.1) is 38.1 Å². The Morgan fingerprint density at radius 1 is 0.519 bits per heavy atom. The zero-order valence-corrected chi connectivity index (χ0v) is 19.4. The van der Waals surface area contributed by atoms with E-state index >= 15 is 0 Å². The molecule has 0 spiro atoms. The van der Waals surface area contributed by atoms with Crippen molar-refractivity contribution in [1.29, 1.82) is 0 Å². The van der Waals surface area contributed by atoms with E-state index in [0.717, 1.165) is 4.90 Å². The SMILES string of the molecule is O=C(O)CN(CC(=O)O)CC(=O)O.O=C([O-])CN(CC(=O)[O-])CC(=O)O.[Hg+2]. The molecule has 0 aliphatic rings. The van der Waals surface area contributed by atoms with Crippen molar-refractivity contribution < 1.29 is 87.1 Å². The Hall–Kier alpha value is -2.32. The molecule has 0 bridgehead atoms. The van der Waals surface area contributed by atoms with Crippen molar-refractivity contribution in [3.63, 3.8) is 0 Å². The molecule has 0 amide bonds. The third-order valence-electron chi connectivity index (χ3n) is 2.14. The predicted octanol–water partition coefficient (Wildman–Crippen LogP) is -5.59. The van der Waals surface area contributed by atoms with Gasteiger partial charge in [-0.15, -0.1) is 0 Å². The maximum atomic E-state index is 10.1. The molecule has 27 heavy (non-hydrogen) atoms. The fraction of sp³-hybridized carbons (Fsp3) is 0.500. The van der Waals surface area contributed by atoms with Crippen LogP contribution in [-0.4, -0.2) is 105 Å². The molecule has 0 fully saturated rings. The maximum absolute atomic E-state index is 10.1. The van der Waals surface area contributed by atoms with Crippen molar-refractivity contribution in [2.75, 3.05) is 39.3 Å². The van der Waals surface area contributed by atoms with E-state index in [1.54, 1.807) is 0 Å². The monoisotopic (exact) mass is 582 g/mol.